The van der Waals surface area contributed by atoms with E-state index in [2.05, 4.69) is 0 Å². The molecule has 0 aromatic heterocycles. The maximum atomic E-state index is 12.2. The first-order valence-corrected chi connectivity index (χ1v) is 6.02. The Labute approximate surface area is 116 Å². The van der Waals surface area contributed by atoms with Crippen molar-refractivity contribution in [1.82, 2.24) is 5.06 Å². The molecular weight excluding hydrogens is 256 g/mol. The van der Waals surface area contributed by atoms with Crippen molar-refractivity contribution in [3.05, 3.63) is 71.3 Å². The van der Waals surface area contributed by atoms with Crippen molar-refractivity contribution < 1.29 is 14.8 Å². The first kappa shape index (κ1) is 13.8. The van der Waals surface area contributed by atoms with Gasteiger partial charge in [0.1, 0.15) is 0 Å². The van der Waals surface area contributed by atoms with Crippen molar-refractivity contribution in [3.63, 3.8) is 0 Å². The Morgan fingerprint density at radius 1 is 0.950 bits per heavy atom. The molecule has 0 saturated heterocycles. The predicted octanol–water partition coefficient (Wildman–Crippen LogP) is 2.19. The number of carbonyl (C=O) groups excluding carboxylic acids is 2. The van der Waals surface area contributed by atoms with Crippen molar-refractivity contribution >= 4 is 11.8 Å². The number of amides is 2. The van der Waals surface area contributed by atoms with Crippen LogP contribution < -0.4 is 5.73 Å². The second-order valence-corrected chi connectivity index (χ2v) is 4.29. The average Bonchev–Trinajstić information content (AvgIpc) is 2.48. The van der Waals surface area contributed by atoms with E-state index in [1.807, 2.05) is 6.07 Å². The Morgan fingerprint density at radius 2 is 1.50 bits per heavy atom. The molecule has 0 unspecified atom stereocenters. The summed E-state index contributed by atoms with van der Waals surface area (Å²) in [5.74, 6) is -0.0760. The molecule has 0 saturated carbocycles. The molecule has 0 aliphatic rings. The number of ketones is 1. The molecule has 0 atom stereocenters. The molecule has 0 fully saturated rings. The Morgan fingerprint density at radius 3 is 2.05 bits per heavy atom. The minimum Gasteiger partial charge on any atom is -0.350 e. The van der Waals surface area contributed by atoms with Crippen molar-refractivity contribution in [1.29, 1.82) is 0 Å². The van der Waals surface area contributed by atoms with E-state index in [1.54, 1.807) is 48.5 Å². The van der Waals surface area contributed by atoms with E-state index in [4.69, 9.17) is 5.73 Å². The largest absolute Gasteiger partial charge is 0.350 e. The van der Waals surface area contributed by atoms with Crippen LogP contribution in [0.3, 0.4) is 0 Å². The fourth-order valence-electron chi connectivity index (χ4n) is 1.77. The molecule has 3 N–H and O–H groups in total. The molecule has 5 heteroatoms. The van der Waals surface area contributed by atoms with Gasteiger partial charge >= 0.3 is 6.03 Å². The van der Waals surface area contributed by atoms with E-state index >= 15 is 0 Å². The molecular formula is C15H14N2O3. The summed E-state index contributed by atoms with van der Waals surface area (Å²) >= 11 is 0. The number of benzene rings is 2. The molecule has 0 heterocycles. The highest BCUT2D eigenvalue weighted by atomic mass is 16.5. The third kappa shape index (κ3) is 3.21. The maximum absolute atomic E-state index is 12.2. The number of nitrogens with zero attached hydrogens (tertiary/aromatic N) is 1. The van der Waals surface area contributed by atoms with Crippen LogP contribution in [-0.4, -0.2) is 22.1 Å². The molecule has 2 amide bonds. The molecule has 20 heavy (non-hydrogen) atoms. The van der Waals surface area contributed by atoms with Crippen molar-refractivity contribution in [2.75, 3.05) is 0 Å². The molecule has 102 valence electrons. The quantitative estimate of drug-likeness (QED) is 0.507. The summed E-state index contributed by atoms with van der Waals surface area (Å²) in [5, 5.41) is 9.64. The second-order valence-electron chi connectivity index (χ2n) is 4.29. The van der Waals surface area contributed by atoms with Crippen LogP contribution in [0.15, 0.2) is 54.6 Å². The molecule has 2 aromatic carbocycles. The van der Waals surface area contributed by atoms with Gasteiger partial charge in [-0.3, -0.25) is 10.0 Å². The first-order valence-electron chi connectivity index (χ1n) is 6.02. The van der Waals surface area contributed by atoms with Gasteiger partial charge in [-0.2, -0.15) is 0 Å². The average molecular weight is 270 g/mol. The highest BCUT2D eigenvalue weighted by molar-refractivity contribution is 6.08. The number of carbonyl (C=O) groups is 2. The van der Waals surface area contributed by atoms with Crippen molar-refractivity contribution in [2.45, 2.75) is 6.54 Å². The molecule has 0 aliphatic heterocycles. The summed E-state index contributed by atoms with van der Waals surface area (Å²) < 4.78 is 0. The summed E-state index contributed by atoms with van der Waals surface area (Å²) in [6.07, 6.45) is 0. The van der Waals surface area contributed by atoms with Crippen LogP contribution in [0.25, 0.3) is 0 Å². The lowest BCUT2D eigenvalue weighted by atomic mass is 10.0. The lowest BCUT2D eigenvalue weighted by molar-refractivity contribution is -0.0470. The summed E-state index contributed by atoms with van der Waals surface area (Å²) in [4.78, 5) is 22.9. The van der Waals surface area contributed by atoms with E-state index in [9.17, 15) is 14.8 Å². The molecule has 0 radical (unpaired) electrons. The van der Waals surface area contributed by atoms with Gasteiger partial charge in [-0.15, -0.1) is 0 Å². The van der Waals surface area contributed by atoms with Crippen LogP contribution in [-0.2, 0) is 6.54 Å². The predicted molar refractivity (Wildman–Crippen MR) is 73.2 cm³/mol. The summed E-state index contributed by atoms with van der Waals surface area (Å²) in [7, 11) is 0. The first-order chi connectivity index (χ1) is 9.58. The van der Waals surface area contributed by atoms with E-state index in [1.165, 1.54) is 0 Å². The van der Waals surface area contributed by atoms with Crippen LogP contribution in [0, 0.1) is 0 Å². The minimum atomic E-state index is -0.922. The van der Waals surface area contributed by atoms with Gasteiger partial charge < -0.3 is 5.73 Å². The molecule has 5 nitrogen and oxygen atoms in total. The lowest BCUT2D eigenvalue weighted by Gasteiger charge is -2.11. The Kier molecular flexibility index (Phi) is 4.12. The smallest absolute Gasteiger partial charge is 0.338 e. The zero-order chi connectivity index (χ0) is 14.5. The van der Waals surface area contributed by atoms with Gasteiger partial charge in [0.05, 0.1) is 6.54 Å². The van der Waals surface area contributed by atoms with Gasteiger partial charge in [0, 0.05) is 11.1 Å². The Hall–Kier alpha value is -2.66. The van der Waals surface area contributed by atoms with Gasteiger partial charge in [0.15, 0.2) is 5.78 Å². The van der Waals surface area contributed by atoms with Gasteiger partial charge in [-0.1, -0.05) is 54.6 Å². The van der Waals surface area contributed by atoms with Crippen LogP contribution >= 0.6 is 0 Å². The zero-order valence-corrected chi connectivity index (χ0v) is 10.7. The Balaban J connectivity index is 2.12. The fourth-order valence-corrected chi connectivity index (χ4v) is 1.77. The topological polar surface area (TPSA) is 83.6 Å². The number of primary amides is 1. The van der Waals surface area contributed by atoms with Gasteiger partial charge in [-0.25, -0.2) is 9.86 Å². The van der Waals surface area contributed by atoms with Crippen LogP contribution in [0.5, 0.6) is 0 Å². The molecule has 0 aliphatic carbocycles. The third-order valence-corrected chi connectivity index (χ3v) is 2.84. The van der Waals surface area contributed by atoms with Crippen LogP contribution in [0.1, 0.15) is 21.5 Å². The number of hydrogen-bond donors (Lipinski definition) is 2. The van der Waals surface area contributed by atoms with Gasteiger partial charge in [0.25, 0.3) is 0 Å². The molecule has 2 aromatic rings. The number of urea groups is 1. The Bertz CT molecular complexity index is 609. The molecule has 0 bridgehead atoms. The normalized spacial score (nSPS) is 10.1. The third-order valence-electron chi connectivity index (χ3n) is 2.84. The number of nitrogens with two attached hydrogens (primary N) is 1. The van der Waals surface area contributed by atoms with Gasteiger partial charge in [-0.05, 0) is 5.56 Å². The maximum Gasteiger partial charge on any atom is 0.338 e. The monoisotopic (exact) mass is 270 g/mol. The fraction of sp³-hybridized carbons (Fsp3) is 0.0667. The highest BCUT2D eigenvalue weighted by Gasteiger charge is 2.10. The van der Waals surface area contributed by atoms with Gasteiger partial charge in [0.2, 0.25) is 0 Å². The summed E-state index contributed by atoms with van der Waals surface area (Å²) in [6, 6.07) is 14.7. The van der Waals surface area contributed by atoms with E-state index in [0.717, 1.165) is 0 Å². The number of rotatable bonds is 4. The van der Waals surface area contributed by atoms with Crippen molar-refractivity contribution in [3.8, 4) is 0 Å². The zero-order valence-electron chi connectivity index (χ0n) is 10.7. The number of hydrogen-bond acceptors (Lipinski definition) is 3. The van der Waals surface area contributed by atoms with E-state index in [-0.39, 0.29) is 12.3 Å². The summed E-state index contributed by atoms with van der Waals surface area (Å²) in [6.45, 7) is -0.0187. The SMILES string of the molecule is NC(=O)N(O)Cc1ccc(C(=O)c2ccccc2)cc1. The second kappa shape index (κ2) is 5.99. The standard InChI is InChI=1S/C15H14N2O3/c16-15(19)17(20)10-11-6-8-13(9-7-11)14(18)12-4-2-1-3-5-12/h1-9,20H,10H2,(H2,16,19). The highest BCUT2D eigenvalue weighted by Crippen LogP contribution is 2.12. The van der Waals surface area contributed by atoms with E-state index in [0.29, 0.717) is 21.8 Å². The van der Waals surface area contributed by atoms with Crippen LogP contribution in [0.4, 0.5) is 4.79 Å². The minimum absolute atomic E-state index is 0.0187. The van der Waals surface area contributed by atoms with Crippen molar-refractivity contribution in [2.24, 2.45) is 5.73 Å². The van der Waals surface area contributed by atoms with Crippen LogP contribution in [0.2, 0.25) is 0 Å². The van der Waals surface area contributed by atoms with E-state index < -0.39 is 6.03 Å². The number of hydroxylamine groups is 2. The molecule has 2 rings (SSSR count). The lowest BCUT2D eigenvalue weighted by Crippen LogP contribution is -2.31. The molecule has 0 spiro atoms. The summed E-state index contributed by atoms with van der Waals surface area (Å²) in [5.41, 5.74) is 6.75.